The Morgan fingerprint density at radius 2 is 0.833 bits per heavy atom. The van der Waals surface area contributed by atoms with Crippen LogP contribution in [-0.4, -0.2) is 146 Å². The number of carbonyl (C=O) groups is 9. The number of primary amides is 1. The molecule has 3 heterocycles. The Balaban J connectivity index is 1.83. The molecular formula is C30H40N6O18. The Morgan fingerprint density at radius 3 is 1.17 bits per heavy atom. The second-order valence-corrected chi connectivity index (χ2v) is 12.0. The van der Waals surface area contributed by atoms with Crippen molar-refractivity contribution in [1.29, 1.82) is 0 Å². The highest BCUT2D eigenvalue weighted by Gasteiger charge is 2.56. The molecule has 0 aromatic rings. The summed E-state index contributed by atoms with van der Waals surface area (Å²) in [5.41, 5.74) is 14.2. The Hall–Kier alpha value is -5.58. The Morgan fingerprint density at radius 1 is 0.537 bits per heavy atom. The number of hydrogen-bond acceptors (Lipinski definition) is 19. The average molecular weight is 773 g/mol. The first-order chi connectivity index (χ1) is 25.3. The molecule has 54 heavy (non-hydrogen) atoms. The topological polar surface area (TPSA) is 336 Å². The van der Waals surface area contributed by atoms with E-state index >= 15 is 0 Å². The maximum atomic E-state index is 13.6. The number of rotatable bonds is 15. The molecule has 298 valence electrons. The summed E-state index contributed by atoms with van der Waals surface area (Å²) >= 11 is 0. The Kier molecular flexibility index (Phi) is 15.0. The van der Waals surface area contributed by atoms with Crippen LogP contribution in [0.2, 0.25) is 0 Å². The number of nitrogens with zero attached hydrogens (tertiary/aromatic N) is 3. The van der Waals surface area contributed by atoms with E-state index in [0.29, 0.717) is 0 Å². The molecule has 0 radical (unpaired) electrons. The van der Waals surface area contributed by atoms with E-state index in [1.165, 1.54) is 0 Å². The molecule has 3 amide bonds. The van der Waals surface area contributed by atoms with Crippen molar-refractivity contribution in [3.63, 3.8) is 0 Å². The fourth-order valence-electron chi connectivity index (χ4n) is 5.99. The van der Waals surface area contributed by atoms with Gasteiger partial charge in [-0.3, -0.25) is 43.2 Å². The smallest absolute Gasteiger partial charge is 0.303 e. The van der Waals surface area contributed by atoms with E-state index in [0.717, 1.165) is 41.5 Å². The molecular weight excluding hydrogens is 732 g/mol. The first kappa shape index (κ1) is 42.8. The molecule has 0 saturated carbocycles. The second kappa shape index (κ2) is 19.0. The third-order valence-corrected chi connectivity index (χ3v) is 7.82. The molecule has 4 N–H and O–H groups in total. The van der Waals surface area contributed by atoms with Gasteiger partial charge >= 0.3 is 35.8 Å². The van der Waals surface area contributed by atoms with Gasteiger partial charge in [-0.2, -0.15) is 0 Å². The maximum Gasteiger partial charge on any atom is 0.303 e. The summed E-state index contributed by atoms with van der Waals surface area (Å²) < 4.78 is 48.5. The zero-order valence-corrected chi connectivity index (χ0v) is 29.8. The predicted octanol–water partition coefficient (Wildman–Crippen LogP) is -3.09. The Bertz CT molecular complexity index is 1550. The molecule has 0 bridgehead atoms. The van der Waals surface area contributed by atoms with E-state index in [1.54, 1.807) is 0 Å². The standard InChI is InChI=1S/C30H40N6O18/c1-10(37)46-19-16(52-25(28(31)43)22(19)49-13(4)40)7-33-29(44)26-23(50-14(5)41)20(47-11(2)38)17(53-26)8-34-30(45)27-24(51-15(6)42)21(48-12(3)39)18(54-27)9-35-36-32/h16-27H,7-9H2,1-6H3,(H2,31,43)(H,33,44)(H,34,45)/t16-,17-,18-,19-,20-,21-,22+,23+,24+,25-,26-,27-/m1/s1. The number of ether oxygens (including phenoxy) is 9. The molecule has 12 atom stereocenters. The minimum Gasteiger partial charge on any atom is -0.456 e. The largest absolute Gasteiger partial charge is 0.456 e. The van der Waals surface area contributed by atoms with E-state index in [9.17, 15) is 43.2 Å². The molecule has 0 aromatic carbocycles. The summed E-state index contributed by atoms with van der Waals surface area (Å²) in [5, 5.41) is 8.27. The fourth-order valence-corrected chi connectivity index (χ4v) is 5.99. The lowest BCUT2D eigenvalue weighted by molar-refractivity contribution is -0.165. The Labute approximate surface area is 305 Å². The number of nitrogens with one attached hydrogen (secondary N) is 2. The zero-order valence-electron chi connectivity index (χ0n) is 29.8. The summed E-state index contributed by atoms with van der Waals surface area (Å²) in [7, 11) is 0. The molecule has 3 saturated heterocycles. The van der Waals surface area contributed by atoms with Crippen molar-refractivity contribution < 1.29 is 85.8 Å². The molecule has 3 aliphatic heterocycles. The van der Waals surface area contributed by atoms with Crippen LogP contribution in [0.4, 0.5) is 0 Å². The molecule has 24 nitrogen and oxygen atoms in total. The normalized spacial score (nSPS) is 31.1. The summed E-state index contributed by atoms with van der Waals surface area (Å²) in [4.78, 5) is 113. The summed E-state index contributed by atoms with van der Waals surface area (Å²) in [6.07, 6.45) is -17.7. The zero-order chi connectivity index (χ0) is 40.4. The van der Waals surface area contributed by atoms with Crippen LogP contribution < -0.4 is 16.4 Å². The van der Waals surface area contributed by atoms with Crippen LogP contribution in [0.3, 0.4) is 0 Å². The maximum absolute atomic E-state index is 13.6. The van der Waals surface area contributed by atoms with Crippen molar-refractivity contribution in [1.82, 2.24) is 10.6 Å². The molecule has 0 aromatic heterocycles. The number of azide groups is 1. The highest BCUT2D eigenvalue weighted by molar-refractivity contribution is 5.84. The number of nitrogens with two attached hydrogens (primary N) is 1. The first-order valence-corrected chi connectivity index (χ1v) is 16.2. The first-order valence-electron chi connectivity index (χ1n) is 16.2. The van der Waals surface area contributed by atoms with E-state index in [4.69, 9.17) is 53.9 Å². The van der Waals surface area contributed by atoms with Gasteiger partial charge in [0.1, 0.15) is 18.3 Å². The molecule has 3 rings (SSSR count). The fraction of sp³-hybridized carbons (Fsp3) is 0.700. The molecule has 0 unspecified atom stereocenters. The SMILES string of the molecule is CC(=O)O[C@H]1[C@H](OC(C)=O)[C@H](C(N)=O)O[C@@H]1CNC(=O)[C@@H]1O[C@H](CNC(=O)[C@@H]2O[C@H](CN=[N+]=[N-])[C@@H](OC(C)=O)[C@@H]2OC(C)=O)[C@@H](OC(C)=O)[C@@H]1OC(C)=O. The lowest BCUT2D eigenvalue weighted by Gasteiger charge is -2.25. The van der Waals surface area contributed by atoms with Crippen LogP contribution in [0.25, 0.3) is 10.4 Å². The summed E-state index contributed by atoms with van der Waals surface area (Å²) in [6.45, 7) is 4.70. The molecule has 0 spiro atoms. The van der Waals surface area contributed by atoms with Gasteiger partial charge in [0.25, 0.3) is 17.7 Å². The summed E-state index contributed by atoms with van der Waals surface area (Å²) in [5.74, 6) is -8.24. The van der Waals surface area contributed by atoms with Crippen molar-refractivity contribution in [3.05, 3.63) is 10.4 Å². The van der Waals surface area contributed by atoms with Gasteiger partial charge in [0.2, 0.25) is 0 Å². The minimum absolute atomic E-state index is 0.418. The summed E-state index contributed by atoms with van der Waals surface area (Å²) in [6, 6.07) is 0. The number of hydrogen-bond donors (Lipinski definition) is 3. The van der Waals surface area contributed by atoms with Crippen molar-refractivity contribution in [2.45, 2.75) is 115 Å². The van der Waals surface area contributed by atoms with Gasteiger partial charge in [-0.1, -0.05) is 5.11 Å². The average Bonchev–Trinajstić information content (AvgIpc) is 3.68. The van der Waals surface area contributed by atoms with Crippen LogP contribution >= 0.6 is 0 Å². The minimum atomic E-state index is -1.72. The van der Waals surface area contributed by atoms with Crippen molar-refractivity contribution >= 4 is 53.5 Å². The third kappa shape index (κ3) is 11.2. The predicted molar refractivity (Wildman–Crippen MR) is 169 cm³/mol. The monoisotopic (exact) mass is 772 g/mol. The highest BCUT2D eigenvalue weighted by atomic mass is 16.7. The molecule has 24 heteroatoms. The van der Waals surface area contributed by atoms with Gasteiger partial charge < -0.3 is 59.0 Å². The van der Waals surface area contributed by atoms with Gasteiger partial charge in [0.05, 0.1) is 6.54 Å². The van der Waals surface area contributed by atoms with E-state index in [-0.39, 0.29) is 0 Å². The molecule has 3 aliphatic rings. The molecule has 3 fully saturated rings. The van der Waals surface area contributed by atoms with Crippen molar-refractivity contribution in [2.75, 3.05) is 19.6 Å². The number of carbonyl (C=O) groups excluding carboxylic acids is 9. The lowest BCUT2D eigenvalue weighted by atomic mass is 10.0. The van der Waals surface area contributed by atoms with Crippen LogP contribution in [0.1, 0.15) is 41.5 Å². The second-order valence-electron chi connectivity index (χ2n) is 12.0. The highest BCUT2D eigenvalue weighted by Crippen LogP contribution is 2.31. The van der Waals surface area contributed by atoms with E-state index < -0.39 is 146 Å². The lowest BCUT2D eigenvalue weighted by Crippen LogP contribution is -2.50. The van der Waals surface area contributed by atoms with Crippen LogP contribution in [0.5, 0.6) is 0 Å². The molecule has 0 aliphatic carbocycles. The van der Waals surface area contributed by atoms with Gasteiger partial charge in [-0.25, -0.2) is 0 Å². The van der Waals surface area contributed by atoms with Gasteiger partial charge in [0.15, 0.2) is 54.9 Å². The van der Waals surface area contributed by atoms with Crippen molar-refractivity contribution in [3.8, 4) is 0 Å². The van der Waals surface area contributed by atoms with Crippen molar-refractivity contribution in [2.24, 2.45) is 10.8 Å². The van der Waals surface area contributed by atoms with Crippen LogP contribution in [0, 0.1) is 0 Å². The third-order valence-electron chi connectivity index (χ3n) is 7.82. The van der Waals surface area contributed by atoms with Crippen LogP contribution in [-0.2, 0) is 85.8 Å². The van der Waals surface area contributed by atoms with Gasteiger partial charge in [-0.15, -0.1) is 0 Å². The van der Waals surface area contributed by atoms with E-state index in [1.807, 2.05) is 0 Å². The van der Waals surface area contributed by atoms with E-state index in [2.05, 4.69) is 20.7 Å². The van der Waals surface area contributed by atoms with Gasteiger partial charge in [0, 0.05) is 59.5 Å². The number of esters is 6. The van der Waals surface area contributed by atoms with Gasteiger partial charge in [-0.05, 0) is 5.53 Å². The number of amides is 3. The van der Waals surface area contributed by atoms with Crippen LogP contribution in [0.15, 0.2) is 5.11 Å². The quantitative estimate of drug-likeness (QED) is 0.0488.